The number of hydrogen-bond acceptors (Lipinski definition) is 0. The third-order valence-corrected chi connectivity index (χ3v) is 0. The maximum atomic E-state index is 3.00. The SMILES string of the molecule is C=C.C[NH+](C)C.C[NH+](C)C.[Cl-].[Cl-]. The smallest absolute Gasteiger partial charge is 0.0661 e. The molecule has 12 heavy (non-hydrogen) atoms. The summed E-state index contributed by atoms with van der Waals surface area (Å²) < 4.78 is 0. The monoisotopic (exact) mass is 218 g/mol. The molecule has 4 heteroatoms. The van der Waals surface area contributed by atoms with E-state index >= 15 is 0 Å². The van der Waals surface area contributed by atoms with Crippen molar-refractivity contribution in [2.45, 2.75) is 0 Å². The van der Waals surface area contributed by atoms with Gasteiger partial charge < -0.3 is 34.6 Å². The van der Waals surface area contributed by atoms with E-state index in [-0.39, 0.29) is 24.8 Å². The molecular weight excluding hydrogens is 195 g/mol. The Morgan fingerprint density at radius 3 is 0.583 bits per heavy atom. The molecule has 0 rings (SSSR count). The van der Waals surface area contributed by atoms with E-state index < -0.39 is 0 Å². The molecule has 2 nitrogen and oxygen atoms in total. The number of hydrogen-bond donors (Lipinski definition) is 2. The Bertz CT molecular complexity index is 38.8. The lowest BCUT2D eigenvalue weighted by molar-refractivity contribution is -0.836. The van der Waals surface area contributed by atoms with Gasteiger partial charge in [-0.05, 0) is 0 Å². The zero-order chi connectivity index (χ0) is 9.15. The predicted octanol–water partition coefficient (Wildman–Crippen LogP) is -7.67. The Balaban J connectivity index is -0.0000000198. The molecule has 0 bridgehead atoms. The van der Waals surface area contributed by atoms with Crippen molar-refractivity contribution in [2.24, 2.45) is 0 Å². The lowest BCUT2D eigenvalue weighted by atomic mass is 11.0. The third-order valence-electron chi connectivity index (χ3n) is 0. The van der Waals surface area contributed by atoms with Crippen LogP contribution in [-0.2, 0) is 0 Å². The predicted molar refractivity (Wildman–Crippen MR) is 48.7 cm³/mol. The number of halogens is 2. The summed E-state index contributed by atoms with van der Waals surface area (Å²) in [4.78, 5) is 2.83. The van der Waals surface area contributed by atoms with Crippen molar-refractivity contribution in [1.82, 2.24) is 0 Å². The molecular formula is C8H24Cl2N2. The van der Waals surface area contributed by atoms with Crippen LogP contribution in [0.15, 0.2) is 13.2 Å². The van der Waals surface area contributed by atoms with Crippen molar-refractivity contribution >= 4 is 0 Å². The highest BCUT2D eigenvalue weighted by molar-refractivity contribution is 4.22. The van der Waals surface area contributed by atoms with E-state index in [0.717, 1.165) is 0 Å². The van der Waals surface area contributed by atoms with Crippen LogP contribution in [0, 0.1) is 0 Å². The fraction of sp³-hybridized carbons (Fsp3) is 0.750. The van der Waals surface area contributed by atoms with Gasteiger partial charge in [0.2, 0.25) is 0 Å². The van der Waals surface area contributed by atoms with Gasteiger partial charge in [0.1, 0.15) is 0 Å². The highest BCUT2D eigenvalue weighted by Gasteiger charge is 1.61. The van der Waals surface area contributed by atoms with E-state index in [9.17, 15) is 0 Å². The number of nitrogens with one attached hydrogen (secondary N) is 2. The van der Waals surface area contributed by atoms with E-state index in [4.69, 9.17) is 0 Å². The van der Waals surface area contributed by atoms with Gasteiger partial charge in [0.15, 0.2) is 0 Å². The second-order valence-electron chi connectivity index (χ2n) is 3.00. The molecule has 0 unspecified atom stereocenters. The Hall–Kier alpha value is 0.240. The normalized spacial score (nSPS) is 6.33. The summed E-state index contributed by atoms with van der Waals surface area (Å²) in [5, 5.41) is 0. The van der Waals surface area contributed by atoms with Gasteiger partial charge in [-0.2, -0.15) is 0 Å². The first-order chi connectivity index (χ1) is 4.46. The van der Waals surface area contributed by atoms with Crippen LogP contribution in [0.5, 0.6) is 0 Å². The van der Waals surface area contributed by atoms with Gasteiger partial charge in [0, 0.05) is 0 Å². The molecule has 0 aliphatic rings. The number of rotatable bonds is 0. The number of quaternary nitrogens is 2. The van der Waals surface area contributed by atoms with Crippen LogP contribution in [0.3, 0.4) is 0 Å². The van der Waals surface area contributed by atoms with Crippen molar-refractivity contribution in [2.75, 3.05) is 42.3 Å². The molecule has 0 aromatic carbocycles. The molecule has 0 atom stereocenters. The highest BCUT2D eigenvalue weighted by Crippen LogP contribution is 0.870. The van der Waals surface area contributed by atoms with Crippen LogP contribution < -0.4 is 34.6 Å². The van der Waals surface area contributed by atoms with E-state index in [0.29, 0.717) is 0 Å². The fourth-order valence-corrected chi connectivity index (χ4v) is 0. The summed E-state index contributed by atoms with van der Waals surface area (Å²) in [5.41, 5.74) is 0. The van der Waals surface area contributed by atoms with Gasteiger partial charge >= 0.3 is 0 Å². The van der Waals surface area contributed by atoms with Gasteiger partial charge in [0.25, 0.3) is 0 Å². The molecule has 0 saturated carbocycles. The average Bonchev–Trinajstić information content (AvgIpc) is 1.66. The fourth-order valence-electron chi connectivity index (χ4n) is 0. The Kier molecular flexibility index (Phi) is 74.4. The van der Waals surface area contributed by atoms with Crippen LogP contribution in [-0.4, -0.2) is 42.3 Å². The van der Waals surface area contributed by atoms with Crippen molar-refractivity contribution in [3.63, 3.8) is 0 Å². The zero-order valence-electron chi connectivity index (χ0n) is 9.17. The largest absolute Gasteiger partial charge is 1.00 e. The molecule has 0 aliphatic carbocycles. The maximum Gasteiger partial charge on any atom is 0.0661 e. The maximum absolute atomic E-state index is 3.00. The average molecular weight is 219 g/mol. The van der Waals surface area contributed by atoms with Crippen LogP contribution in [0.25, 0.3) is 0 Å². The summed E-state index contributed by atoms with van der Waals surface area (Å²) in [7, 11) is 12.5. The Labute approximate surface area is 90.4 Å². The van der Waals surface area contributed by atoms with Crippen LogP contribution in [0.2, 0.25) is 0 Å². The molecule has 0 heterocycles. The van der Waals surface area contributed by atoms with Crippen LogP contribution in [0.1, 0.15) is 0 Å². The first kappa shape index (κ1) is 29.5. The summed E-state index contributed by atoms with van der Waals surface area (Å²) >= 11 is 0. The highest BCUT2D eigenvalue weighted by atomic mass is 35.5. The standard InChI is InChI=1S/2C3H9N.C2H4.2ClH/c2*1-4(2)3;1-2;;/h2*1-3H3;1-2H2;2*1H. The molecule has 0 aromatic rings. The molecule has 80 valence electrons. The first-order valence-electron chi connectivity index (χ1n) is 3.50. The van der Waals surface area contributed by atoms with Crippen LogP contribution >= 0.6 is 0 Å². The van der Waals surface area contributed by atoms with E-state index in [1.54, 1.807) is 0 Å². The minimum Gasteiger partial charge on any atom is -1.00 e. The quantitative estimate of drug-likeness (QED) is 0.375. The lowest BCUT2D eigenvalue weighted by Crippen LogP contribution is -3.02. The van der Waals surface area contributed by atoms with E-state index in [2.05, 4.69) is 55.4 Å². The second kappa shape index (κ2) is 30.3. The van der Waals surface area contributed by atoms with Gasteiger partial charge in [0.05, 0.1) is 42.3 Å². The molecule has 2 N–H and O–H groups in total. The molecule has 0 spiro atoms. The summed E-state index contributed by atoms with van der Waals surface area (Å²) in [6.45, 7) is 6.00. The topological polar surface area (TPSA) is 8.88 Å². The summed E-state index contributed by atoms with van der Waals surface area (Å²) in [6, 6.07) is 0. The van der Waals surface area contributed by atoms with Crippen molar-refractivity contribution in [1.29, 1.82) is 0 Å². The zero-order valence-corrected chi connectivity index (χ0v) is 10.7. The van der Waals surface area contributed by atoms with Crippen molar-refractivity contribution in [3.05, 3.63) is 13.2 Å². The first-order valence-corrected chi connectivity index (χ1v) is 3.50. The Morgan fingerprint density at radius 2 is 0.583 bits per heavy atom. The van der Waals surface area contributed by atoms with E-state index in [1.807, 2.05) is 0 Å². The molecule has 0 radical (unpaired) electrons. The molecule has 0 fully saturated rings. The van der Waals surface area contributed by atoms with Gasteiger partial charge in [-0.25, -0.2) is 0 Å². The van der Waals surface area contributed by atoms with Crippen LogP contribution in [0.4, 0.5) is 0 Å². The molecule has 0 amide bonds. The van der Waals surface area contributed by atoms with Gasteiger partial charge in [-0.15, -0.1) is 13.2 Å². The van der Waals surface area contributed by atoms with Crippen molar-refractivity contribution in [3.8, 4) is 0 Å². The Morgan fingerprint density at radius 1 is 0.583 bits per heavy atom. The lowest BCUT2D eigenvalue weighted by Gasteiger charge is -1.88. The molecule has 0 aliphatic heterocycles. The summed E-state index contributed by atoms with van der Waals surface area (Å²) in [6.07, 6.45) is 0. The summed E-state index contributed by atoms with van der Waals surface area (Å²) in [5.74, 6) is 0. The second-order valence-corrected chi connectivity index (χ2v) is 3.00. The minimum absolute atomic E-state index is 0. The van der Waals surface area contributed by atoms with Gasteiger partial charge in [-0.1, -0.05) is 0 Å². The molecule has 0 aromatic heterocycles. The minimum atomic E-state index is 0. The van der Waals surface area contributed by atoms with E-state index in [1.165, 1.54) is 9.80 Å². The molecule has 0 saturated heterocycles. The van der Waals surface area contributed by atoms with Crippen molar-refractivity contribution < 1.29 is 34.6 Å². The van der Waals surface area contributed by atoms with Gasteiger partial charge in [-0.3, -0.25) is 0 Å². The third kappa shape index (κ3) is 15200.